The molecule has 0 bridgehead atoms. The van der Waals surface area contributed by atoms with E-state index < -0.39 is 6.36 Å². The number of carbonyl (C=O) groups excluding carboxylic acids is 1. The number of hydrogen-bond donors (Lipinski definition) is 1. The lowest BCUT2D eigenvalue weighted by Crippen LogP contribution is -2.32. The van der Waals surface area contributed by atoms with Gasteiger partial charge in [0, 0.05) is 31.5 Å². The lowest BCUT2D eigenvalue weighted by Gasteiger charge is -2.34. The zero-order valence-electron chi connectivity index (χ0n) is 22.0. The topological polar surface area (TPSA) is 58.9 Å². The second-order valence-electron chi connectivity index (χ2n) is 9.92. The van der Waals surface area contributed by atoms with E-state index >= 15 is 0 Å². The Morgan fingerprint density at radius 2 is 1.74 bits per heavy atom. The van der Waals surface area contributed by atoms with Gasteiger partial charge in [0.2, 0.25) is 0 Å². The monoisotopic (exact) mass is 536 g/mol. The molecule has 1 fully saturated rings. The van der Waals surface area contributed by atoms with E-state index in [4.69, 9.17) is 0 Å². The molecule has 1 amide bonds. The first-order valence-electron chi connectivity index (χ1n) is 13.2. The molecule has 204 valence electrons. The van der Waals surface area contributed by atoms with E-state index in [2.05, 4.69) is 32.1 Å². The highest BCUT2D eigenvalue weighted by atomic mass is 19.4. The summed E-state index contributed by atoms with van der Waals surface area (Å²) in [6.07, 6.45) is -0.291. The third-order valence-electron chi connectivity index (χ3n) is 7.24. The molecule has 6 nitrogen and oxygen atoms in total. The quantitative estimate of drug-likeness (QED) is 0.296. The van der Waals surface area contributed by atoms with E-state index in [1.54, 1.807) is 12.1 Å². The molecule has 0 spiro atoms. The van der Waals surface area contributed by atoms with Crippen molar-refractivity contribution in [3.63, 3.8) is 0 Å². The summed E-state index contributed by atoms with van der Waals surface area (Å²) in [5.74, 6) is -0.0426. The fraction of sp³-hybridized carbons (Fsp3) is 0.333. The number of nitrogens with one attached hydrogen (secondary N) is 1. The number of nitrogens with zero attached hydrogens (tertiary/aromatic N) is 3. The number of benzene rings is 2. The standard InChI is InChI=1S/C30H31F3N4O2/c1-3-26-28(37-17-12-20(2)18-27(37)35-26)29(38)34-19-21-4-8-24(9-5-21)36-15-13-23(14-16-36)22-6-10-25(11-7-22)39-30(31,32)33/h4-12,17-18,23H,3,13-16,19H2,1-2H3,(H,34,38). The SMILES string of the molecule is CCc1nc2cc(C)ccn2c1C(=O)NCc1ccc(N2CCC(c3ccc(OC(F)(F)F)cc3)CC2)cc1. The third-order valence-corrected chi connectivity index (χ3v) is 7.24. The number of anilines is 1. The van der Waals surface area contributed by atoms with Crippen LogP contribution in [-0.4, -0.2) is 34.7 Å². The van der Waals surface area contributed by atoms with Crippen molar-refractivity contribution in [2.75, 3.05) is 18.0 Å². The van der Waals surface area contributed by atoms with Crippen molar-refractivity contribution in [1.29, 1.82) is 0 Å². The summed E-state index contributed by atoms with van der Waals surface area (Å²) in [5, 5.41) is 3.04. The lowest BCUT2D eigenvalue weighted by atomic mass is 9.89. The van der Waals surface area contributed by atoms with Crippen molar-refractivity contribution in [1.82, 2.24) is 14.7 Å². The van der Waals surface area contributed by atoms with Gasteiger partial charge in [0.25, 0.3) is 5.91 Å². The Morgan fingerprint density at radius 3 is 2.38 bits per heavy atom. The Bertz CT molecular complexity index is 1440. The van der Waals surface area contributed by atoms with Crippen LogP contribution in [0.3, 0.4) is 0 Å². The van der Waals surface area contributed by atoms with Crippen LogP contribution in [0.5, 0.6) is 5.75 Å². The number of aromatic nitrogens is 2. The highest BCUT2D eigenvalue weighted by molar-refractivity contribution is 5.94. The molecule has 4 aromatic rings. The van der Waals surface area contributed by atoms with Crippen LogP contribution in [0.25, 0.3) is 5.65 Å². The number of hydrogen-bond acceptors (Lipinski definition) is 4. The molecule has 39 heavy (non-hydrogen) atoms. The van der Waals surface area contributed by atoms with Gasteiger partial charge in [-0.15, -0.1) is 13.2 Å². The molecule has 1 aliphatic rings. The molecule has 9 heteroatoms. The lowest BCUT2D eigenvalue weighted by molar-refractivity contribution is -0.274. The number of fused-ring (bicyclic) bond motifs is 1. The molecule has 0 saturated carbocycles. The number of aryl methyl sites for hydroxylation is 2. The summed E-state index contributed by atoms with van der Waals surface area (Å²) >= 11 is 0. The molecule has 0 unspecified atom stereocenters. The van der Waals surface area contributed by atoms with Crippen LogP contribution in [0, 0.1) is 6.92 Å². The molecule has 3 heterocycles. The molecule has 5 rings (SSSR count). The Kier molecular flexibility index (Phi) is 7.50. The van der Waals surface area contributed by atoms with Crippen LogP contribution >= 0.6 is 0 Å². The van der Waals surface area contributed by atoms with Gasteiger partial charge in [0.05, 0.1) is 5.69 Å². The maximum atomic E-state index is 13.1. The van der Waals surface area contributed by atoms with E-state index in [9.17, 15) is 18.0 Å². The Morgan fingerprint density at radius 1 is 1.05 bits per heavy atom. The minimum atomic E-state index is -4.68. The Labute approximate surface area is 225 Å². The van der Waals surface area contributed by atoms with Crippen LogP contribution < -0.4 is 15.0 Å². The molecule has 2 aromatic carbocycles. The number of halogens is 3. The molecular weight excluding hydrogens is 505 g/mol. The highest BCUT2D eigenvalue weighted by Crippen LogP contribution is 2.32. The minimum absolute atomic E-state index is 0.146. The van der Waals surface area contributed by atoms with E-state index in [0.29, 0.717) is 24.6 Å². The number of piperidine rings is 1. The number of imidazole rings is 1. The van der Waals surface area contributed by atoms with Crippen LogP contribution in [0.1, 0.15) is 58.6 Å². The number of pyridine rings is 1. The highest BCUT2D eigenvalue weighted by Gasteiger charge is 2.31. The predicted molar refractivity (Wildman–Crippen MR) is 144 cm³/mol. The van der Waals surface area contributed by atoms with E-state index in [0.717, 1.165) is 59.7 Å². The van der Waals surface area contributed by atoms with Gasteiger partial charge < -0.3 is 15.0 Å². The summed E-state index contributed by atoms with van der Waals surface area (Å²) in [6.45, 7) is 6.13. The second kappa shape index (κ2) is 11.0. The molecule has 0 atom stereocenters. The van der Waals surface area contributed by atoms with Gasteiger partial charge in [-0.2, -0.15) is 0 Å². The summed E-state index contributed by atoms with van der Waals surface area (Å²) in [6, 6.07) is 18.3. The van der Waals surface area contributed by atoms with Gasteiger partial charge in [-0.3, -0.25) is 9.20 Å². The summed E-state index contributed by atoms with van der Waals surface area (Å²) < 4.78 is 43.0. The number of carbonyl (C=O) groups is 1. The third kappa shape index (κ3) is 6.19. The van der Waals surface area contributed by atoms with Crippen LogP contribution in [0.4, 0.5) is 18.9 Å². The van der Waals surface area contributed by atoms with Crippen molar-refractivity contribution in [3.05, 3.63) is 94.9 Å². The molecule has 1 N–H and O–H groups in total. The van der Waals surface area contributed by atoms with Crippen molar-refractivity contribution in [2.45, 2.75) is 51.9 Å². The van der Waals surface area contributed by atoms with Gasteiger partial charge in [-0.25, -0.2) is 4.98 Å². The Hall–Kier alpha value is -4.01. The number of alkyl halides is 3. The van der Waals surface area contributed by atoms with Gasteiger partial charge >= 0.3 is 6.36 Å². The minimum Gasteiger partial charge on any atom is -0.406 e. The average molecular weight is 537 g/mol. The molecule has 1 saturated heterocycles. The first-order chi connectivity index (χ1) is 18.7. The Balaban J connectivity index is 1.15. The van der Waals surface area contributed by atoms with Gasteiger partial charge in [0.15, 0.2) is 0 Å². The zero-order valence-corrected chi connectivity index (χ0v) is 22.0. The average Bonchev–Trinajstić information content (AvgIpc) is 3.29. The predicted octanol–water partition coefficient (Wildman–Crippen LogP) is 6.42. The van der Waals surface area contributed by atoms with Crippen molar-refractivity contribution in [2.24, 2.45) is 0 Å². The normalized spacial score (nSPS) is 14.5. The van der Waals surface area contributed by atoms with E-state index in [1.165, 1.54) is 12.1 Å². The van der Waals surface area contributed by atoms with Crippen molar-refractivity contribution < 1.29 is 22.7 Å². The maximum absolute atomic E-state index is 13.1. The number of rotatable bonds is 7. The smallest absolute Gasteiger partial charge is 0.406 e. The van der Waals surface area contributed by atoms with Gasteiger partial charge in [0.1, 0.15) is 17.1 Å². The van der Waals surface area contributed by atoms with Crippen LogP contribution in [0.2, 0.25) is 0 Å². The summed E-state index contributed by atoms with van der Waals surface area (Å²) in [5.41, 5.74) is 6.38. The van der Waals surface area contributed by atoms with E-state index in [-0.39, 0.29) is 11.7 Å². The first-order valence-corrected chi connectivity index (χ1v) is 13.2. The van der Waals surface area contributed by atoms with Gasteiger partial charge in [-0.05, 0) is 85.2 Å². The molecule has 0 aliphatic carbocycles. The van der Waals surface area contributed by atoms with Crippen LogP contribution in [0.15, 0.2) is 66.9 Å². The van der Waals surface area contributed by atoms with E-state index in [1.807, 2.05) is 48.7 Å². The maximum Gasteiger partial charge on any atom is 0.573 e. The molecular formula is C30H31F3N4O2. The fourth-order valence-corrected chi connectivity index (χ4v) is 5.19. The van der Waals surface area contributed by atoms with Crippen molar-refractivity contribution in [3.8, 4) is 5.75 Å². The first kappa shape index (κ1) is 26.6. The molecule has 2 aromatic heterocycles. The van der Waals surface area contributed by atoms with Crippen molar-refractivity contribution >= 4 is 17.2 Å². The zero-order chi connectivity index (χ0) is 27.6. The second-order valence-corrected chi connectivity index (χ2v) is 9.92. The largest absolute Gasteiger partial charge is 0.573 e. The molecule has 0 radical (unpaired) electrons. The number of ether oxygens (including phenoxy) is 1. The van der Waals surface area contributed by atoms with Crippen LogP contribution in [-0.2, 0) is 13.0 Å². The fourth-order valence-electron chi connectivity index (χ4n) is 5.19. The van der Waals surface area contributed by atoms with Gasteiger partial charge in [-0.1, -0.05) is 31.2 Å². The summed E-state index contributed by atoms with van der Waals surface area (Å²) in [4.78, 5) is 20.0. The summed E-state index contributed by atoms with van der Waals surface area (Å²) in [7, 11) is 0. The number of amides is 1. The molecule has 1 aliphatic heterocycles.